The number of aromatic amines is 1. The number of amides is 2. The lowest BCUT2D eigenvalue weighted by Gasteiger charge is -2.24. The number of urea groups is 1. The van der Waals surface area contributed by atoms with Crippen LogP contribution in [0, 0.1) is 0 Å². The molecular formula is C28H40N6O5. The van der Waals surface area contributed by atoms with Crippen LogP contribution in [0.4, 0.5) is 10.5 Å². The van der Waals surface area contributed by atoms with Crippen LogP contribution >= 0.6 is 0 Å². The zero-order valence-electron chi connectivity index (χ0n) is 23.2. The number of nitrogens with zero attached hydrogens (tertiary/aromatic N) is 3. The lowest BCUT2D eigenvalue weighted by atomic mass is 10.0. The monoisotopic (exact) mass is 540 g/mol. The first-order chi connectivity index (χ1) is 18.9. The highest BCUT2D eigenvalue weighted by molar-refractivity contribution is 5.99. The Kier molecular flexibility index (Phi) is 11.2. The predicted molar refractivity (Wildman–Crippen MR) is 151 cm³/mol. The average Bonchev–Trinajstić information content (AvgIpc) is 3.45. The fraction of sp³-hybridized carbons (Fsp3) is 0.500. The van der Waals surface area contributed by atoms with Crippen LogP contribution in [0.1, 0.15) is 50.8 Å². The number of carboxylic acids is 1. The minimum atomic E-state index is -1.11. The number of nitrogens with one attached hydrogen (secondary N) is 3. The van der Waals surface area contributed by atoms with Crippen molar-refractivity contribution in [3.63, 3.8) is 0 Å². The summed E-state index contributed by atoms with van der Waals surface area (Å²) in [5.41, 5.74) is 3.52. The number of aromatic nitrogens is 3. The van der Waals surface area contributed by atoms with Gasteiger partial charge in [0, 0.05) is 50.7 Å². The molecule has 2 heterocycles. The minimum Gasteiger partial charge on any atom is -0.493 e. The number of unbranched alkanes of at least 4 members (excludes halogenated alkanes) is 2. The molecule has 0 aliphatic carbocycles. The van der Waals surface area contributed by atoms with Crippen molar-refractivity contribution in [3.05, 3.63) is 42.1 Å². The van der Waals surface area contributed by atoms with Crippen molar-refractivity contribution in [1.29, 1.82) is 0 Å². The van der Waals surface area contributed by atoms with Crippen molar-refractivity contribution in [2.45, 2.75) is 58.4 Å². The van der Waals surface area contributed by atoms with E-state index in [0.717, 1.165) is 53.6 Å². The SMILES string of the molecule is CCCCCOc1c(OC)cc(N(C)CCCNC(=O)N[C@H](Cc2cnc[nH]2)C(=O)O)c2nccc(CC)c12. The molecule has 2 amide bonds. The van der Waals surface area contributed by atoms with E-state index < -0.39 is 18.0 Å². The van der Waals surface area contributed by atoms with Gasteiger partial charge in [0.2, 0.25) is 0 Å². The largest absolute Gasteiger partial charge is 0.493 e. The minimum absolute atomic E-state index is 0.117. The number of hydrogen-bond acceptors (Lipinski definition) is 7. The van der Waals surface area contributed by atoms with E-state index >= 15 is 0 Å². The van der Waals surface area contributed by atoms with Crippen LogP contribution in [-0.2, 0) is 17.6 Å². The van der Waals surface area contributed by atoms with Crippen LogP contribution in [0.3, 0.4) is 0 Å². The summed E-state index contributed by atoms with van der Waals surface area (Å²) in [5.74, 6) is 0.280. The van der Waals surface area contributed by atoms with E-state index in [9.17, 15) is 14.7 Å². The molecule has 0 bridgehead atoms. The highest BCUT2D eigenvalue weighted by atomic mass is 16.5. The number of imidazole rings is 1. The van der Waals surface area contributed by atoms with Crippen LogP contribution in [0.25, 0.3) is 10.9 Å². The van der Waals surface area contributed by atoms with Gasteiger partial charge in [0.1, 0.15) is 6.04 Å². The first kappa shape index (κ1) is 29.5. The molecule has 212 valence electrons. The highest BCUT2D eigenvalue weighted by Crippen LogP contribution is 2.42. The fourth-order valence-corrected chi connectivity index (χ4v) is 4.40. The molecule has 39 heavy (non-hydrogen) atoms. The molecule has 0 aliphatic heterocycles. The van der Waals surface area contributed by atoms with Crippen LogP contribution in [0.15, 0.2) is 30.9 Å². The fourth-order valence-electron chi connectivity index (χ4n) is 4.40. The summed E-state index contributed by atoms with van der Waals surface area (Å²) in [4.78, 5) is 37.4. The maximum absolute atomic E-state index is 12.3. The molecular weight excluding hydrogens is 500 g/mol. The number of carboxylic acid groups (broad SMARTS) is 1. The second-order valence-electron chi connectivity index (χ2n) is 9.38. The van der Waals surface area contributed by atoms with E-state index in [2.05, 4.69) is 39.3 Å². The van der Waals surface area contributed by atoms with Gasteiger partial charge in [-0.3, -0.25) is 4.98 Å². The first-order valence-electron chi connectivity index (χ1n) is 13.5. The van der Waals surface area contributed by atoms with Crippen LogP contribution in [-0.4, -0.2) is 72.0 Å². The summed E-state index contributed by atoms with van der Waals surface area (Å²) in [6.07, 6.45) is 9.60. The number of benzene rings is 1. The first-order valence-corrected chi connectivity index (χ1v) is 13.5. The van der Waals surface area contributed by atoms with Gasteiger partial charge in [-0.2, -0.15) is 0 Å². The third-order valence-electron chi connectivity index (χ3n) is 6.54. The van der Waals surface area contributed by atoms with Gasteiger partial charge in [-0.05, 0) is 30.9 Å². The number of aryl methyl sites for hydroxylation is 1. The van der Waals surface area contributed by atoms with Crippen molar-refractivity contribution in [2.24, 2.45) is 0 Å². The second kappa shape index (κ2) is 14.8. The third kappa shape index (κ3) is 7.98. The van der Waals surface area contributed by atoms with Crippen molar-refractivity contribution in [2.75, 3.05) is 38.8 Å². The van der Waals surface area contributed by atoms with Gasteiger partial charge in [-0.15, -0.1) is 0 Å². The van der Waals surface area contributed by atoms with E-state index in [1.54, 1.807) is 7.11 Å². The predicted octanol–water partition coefficient (Wildman–Crippen LogP) is 3.92. The van der Waals surface area contributed by atoms with E-state index in [1.807, 2.05) is 25.4 Å². The average molecular weight is 541 g/mol. The normalized spacial score (nSPS) is 11.7. The summed E-state index contributed by atoms with van der Waals surface area (Å²) in [7, 11) is 3.62. The molecule has 4 N–H and O–H groups in total. The van der Waals surface area contributed by atoms with Crippen molar-refractivity contribution >= 4 is 28.6 Å². The molecule has 2 aromatic heterocycles. The number of methoxy groups -OCH3 is 1. The van der Waals surface area contributed by atoms with Crippen molar-refractivity contribution < 1.29 is 24.2 Å². The van der Waals surface area contributed by atoms with Crippen LogP contribution in [0.5, 0.6) is 11.5 Å². The van der Waals surface area contributed by atoms with Gasteiger partial charge < -0.3 is 35.1 Å². The number of ether oxygens (including phenoxy) is 2. The van der Waals surface area contributed by atoms with E-state index in [0.29, 0.717) is 37.6 Å². The number of rotatable bonds is 16. The zero-order chi connectivity index (χ0) is 28.2. The Labute approximate surface area is 229 Å². The Bertz CT molecular complexity index is 1220. The molecule has 0 spiro atoms. The van der Waals surface area contributed by atoms with Gasteiger partial charge in [-0.25, -0.2) is 14.6 Å². The number of aliphatic carboxylic acids is 1. The van der Waals surface area contributed by atoms with E-state index in [1.165, 1.54) is 12.5 Å². The quantitative estimate of drug-likeness (QED) is 0.200. The number of carbonyl (C=O) groups excluding carboxylic acids is 1. The lowest BCUT2D eigenvalue weighted by molar-refractivity contribution is -0.139. The second-order valence-corrected chi connectivity index (χ2v) is 9.38. The molecule has 0 saturated heterocycles. The standard InChI is InChI=1S/C28H40N6O5/c1-5-7-8-14-39-26-23(38-4)16-22(25-24(26)19(6-2)10-12-30-25)34(3)13-9-11-31-28(37)33-21(27(35)36)15-20-17-29-18-32-20/h10,12,16-18,21H,5-9,11,13-15H2,1-4H3,(H,29,32)(H,35,36)(H2,31,33,37)/t21-/m1/s1. The number of fused-ring (bicyclic) bond motifs is 1. The zero-order valence-corrected chi connectivity index (χ0v) is 23.2. The summed E-state index contributed by atoms with van der Waals surface area (Å²) >= 11 is 0. The summed E-state index contributed by atoms with van der Waals surface area (Å²) in [5, 5.41) is 15.7. The molecule has 0 aliphatic rings. The van der Waals surface area contributed by atoms with Crippen LogP contribution < -0.4 is 25.0 Å². The molecule has 1 atom stereocenters. The highest BCUT2D eigenvalue weighted by Gasteiger charge is 2.22. The molecule has 11 heteroatoms. The molecule has 11 nitrogen and oxygen atoms in total. The van der Waals surface area contributed by atoms with Crippen molar-refractivity contribution in [3.8, 4) is 11.5 Å². The molecule has 0 fully saturated rings. The smallest absolute Gasteiger partial charge is 0.326 e. The Morgan fingerprint density at radius 3 is 2.72 bits per heavy atom. The summed E-state index contributed by atoms with van der Waals surface area (Å²) < 4.78 is 12.0. The Balaban J connectivity index is 1.66. The molecule has 0 unspecified atom stereocenters. The van der Waals surface area contributed by atoms with Gasteiger partial charge in [0.15, 0.2) is 11.5 Å². The Morgan fingerprint density at radius 2 is 2.05 bits per heavy atom. The van der Waals surface area contributed by atoms with Crippen LogP contribution in [0.2, 0.25) is 0 Å². The molecule has 0 saturated carbocycles. The third-order valence-corrected chi connectivity index (χ3v) is 6.54. The maximum Gasteiger partial charge on any atom is 0.326 e. The van der Waals surface area contributed by atoms with E-state index in [4.69, 9.17) is 14.5 Å². The summed E-state index contributed by atoms with van der Waals surface area (Å²) in [6.45, 7) is 5.89. The van der Waals surface area contributed by atoms with Gasteiger partial charge in [-0.1, -0.05) is 26.7 Å². The number of anilines is 1. The van der Waals surface area contributed by atoms with E-state index in [-0.39, 0.29) is 6.42 Å². The molecule has 0 radical (unpaired) electrons. The topological polar surface area (TPSA) is 142 Å². The van der Waals surface area contributed by atoms with Gasteiger partial charge in [0.05, 0.1) is 36.6 Å². The number of pyridine rings is 1. The number of carbonyl (C=O) groups is 2. The molecule has 3 aromatic rings. The van der Waals surface area contributed by atoms with Crippen molar-refractivity contribution in [1.82, 2.24) is 25.6 Å². The maximum atomic E-state index is 12.3. The molecule has 3 rings (SSSR count). The lowest BCUT2D eigenvalue weighted by Crippen LogP contribution is -2.47. The van der Waals surface area contributed by atoms with Gasteiger partial charge >= 0.3 is 12.0 Å². The summed E-state index contributed by atoms with van der Waals surface area (Å²) in [6, 6.07) is 2.38. The van der Waals surface area contributed by atoms with Gasteiger partial charge in [0.25, 0.3) is 0 Å². The Hall–Kier alpha value is -4.02. The number of hydrogen-bond donors (Lipinski definition) is 4. The Morgan fingerprint density at radius 1 is 1.23 bits per heavy atom. The number of H-pyrrole nitrogens is 1. The molecule has 1 aromatic carbocycles.